The van der Waals surface area contributed by atoms with Crippen LogP contribution in [0.2, 0.25) is 0 Å². The van der Waals surface area contributed by atoms with Crippen LogP contribution in [0.1, 0.15) is 160 Å². The molecule has 6 heteroatoms. The molecule has 258 valence electrons. The van der Waals surface area contributed by atoms with Crippen molar-refractivity contribution >= 4 is 31.9 Å². The molecule has 0 spiro atoms. The molecular weight excluding hydrogens is 711 g/mol. The van der Waals surface area contributed by atoms with Crippen LogP contribution in [0, 0.1) is 0 Å². The third kappa shape index (κ3) is 9.52. The molecule has 1 aromatic carbocycles. The number of allylic oxidation sites excluding steroid dienone is 1. The van der Waals surface area contributed by atoms with Gasteiger partial charge in [-0.1, -0.05) is 91.4 Å². The Bertz CT molecular complexity index is 1100. The summed E-state index contributed by atoms with van der Waals surface area (Å²) in [6, 6.07) is 11.4. The van der Waals surface area contributed by atoms with Gasteiger partial charge in [0.2, 0.25) is 0 Å². The molecule has 5 aliphatic carbocycles. The third-order valence-electron chi connectivity index (χ3n) is 12.0. The Kier molecular flexibility index (Phi) is 14.5. The number of halogens is 2. The Balaban J connectivity index is 0.000000319. The quantitative estimate of drug-likeness (QED) is 0.210. The molecule has 0 saturated heterocycles. The van der Waals surface area contributed by atoms with Crippen molar-refractivity contribution in [1.29, 1.82) is 0 Å². The van der Waals surface area contributed by atoms with Crippen LogP contribution in [-0.2, 0) is 13.5 Å². The van der Waals surface area contributed by atoms with Gasteiger partial charge in [0.25, 0.3) is 0 Å². The molecule has 0 N–H and O–H groups in total. The van der Waals surface area contributed by atoms with E-state index in [-0.39, 0.29) is 7.92 Å². The molecule has 1 unspecified atom stereocenters. The van der Waals surface area contributed by atoms with Gasteiger partial charge in [-0.05, 0) is 87.5 Å². The normalized spacial score (nSPS) is 26.3. The van der Waals surface area contributed by atoms with E-state index in [1.807, 2.05) is 40.5 Å². The van der Waals surface area contributed by atoms with Crippen molar-refractivity contribution in [2.75, 3.05) is 0 Å². The topological polar surface area (TPSA) is 6.48 Å². The van der Waals surface area contributed by atoms with Crippen LogP contribution >= 0.6 is 27.3 Å². The molecule has 1 atom stereocenters. The number of nitrogens with zero attached hydrogens (tertiary/aromatic N) is 2. The fourth-order valence-electron chi connectivity index (χ4n) is 9.82. The summed E-state index contributed by atoms with van der Waals surface area (Å²) in [6.45, 7) is 0. The molecule has 5 fully saturated rings. The zero-order chi connectivity index (χ0) is 31.6. The predicted octanol–water partition coefficient (Wildman–Crippen LogP) is 12.8. The number of rotatable bonds is 6. The van der Waals surface area contributed by atoms with Crippen molar-refractivity contribution < 1.29 is 13.5 Å². The molecule has 1 aromatic rings. The van der Waals surface area contributed by atoms with Crippen LogP contribution in [0.15, 0.2) is 54.1 Å². The number of benzene rings is 1. The van der Waals surface area contributed by atoms with E-state index in [1.165, 1.54) is 128 Å². The fraction of sp³-hybridized carbons (Fsp3) is 0.725. The Labute approximate surface area is 296 Å². The Morgan fingerprint density at radius 2 is 1.02 bits per heavy atom. The second-order valence-electron chi connectivity index (χ2n) is 15.1. The number of hydrogen-bond acceptors (Lipinski definition) is 2. The molecule has 46 heavy (non-hydrogen) atoms. The summed E-state index contributed by atoms with van der Waals surface area (Å²) in [5.41, 5.74) is 6.19. The molecule has 7 rings (SSSR count). The SMILES string of the molecule is C1=CN(C2CCCCC2)C(=C2CCCCC2P(C2CCCCC2)C2CCCCC2)N1C1CCCCC1.[Cl][Ru]([Cl])=[CH]c1ccccc1. The summed E-state index contributed by atoms with van der Waals surface area (Å²) in [5, 5.41) is 0. The van der Waals surface area contributed by atoms with E-state index in [0.717, 1.165) is 34.6 Å². The van der Waals surface area contributed by atoms with Gasteiger partial charge in [0.05, 0.1) is 0 Å². The summed E-state index contributed by atoms with van der Waals surface area (Å²) in [4.78, 5) is 5.77. The second kappa shape index (κ2) is 18.7. The van der Waals surface area contributed by atoms with Crippen LogP contribution in [0.4, 0.5) is 0 Å². The molecule has 0 aromatic heterocycles. The van der Waals surface area contributed by atoms with Gasteiger partial charge < -0.3 is 9.80 Å². The molecule has 0 radical (unpaired) electrons. The van der Waals surface area contributed by atoms with Gasteiger partial charge in [-0.25, -0.2) is 0 Å². The van der Waals surface area contributed by atoms with E-state index in [2.05, 4.69) is 22.2 Å². The molecule has 1 heterocycles. The molecule has 2 nitrogen and oxygen atoms in total. The van der Waals surface area contributed by atoms with Gasteiger partial charge in [0, 0.05) is 30.1 Å². The van der Waals surface area contributed by atoms with Gasteiger partial charge in [0.1, 0.15) is 5.82 Å². The zero-order valence-electron chi connectivity index (χ0n) is 28.4. The van der Waals surface area contributed by atoms with Crippen molar-refractivity contribution in [2.45, 2.75) is 183 Å². The molecule has 0 amide bonds. The average Bonchev–Trinajstić information content (AvgIpc) is 3.56. The van der Waals surface area contributed by atoms with E-state index in [9.17, 15) is 0 Å². The minimum absolute atomic E-state index is 0.117. The first-order valence-corrected chi connectivity index (χ1v) is 26.4. The molecule has 0 bridgehead atoms. The standard InChI is InChI=1S/C33H55N2P.C7H6.2ClH.Ru/c1-5-15-27(16-6-1)34-25-26-35(28-17-7-2-8-18-28)33(34)31-23-13-14-24-32(31)36(29-19-9-3-10-20-29)30-21-11-4-12-22-30;1-7-5-3-2-4-6-7;;;/h25-30,32H,1-24H2;1-6H;2*1H;/q;;;;+2/p-2. The number of hydrogen-bond donors (Lipinski definition) is 0. The van der Waals surface area contributed by atoms with Crippen LogP contribution in [0.25, 0.3) is 0 Å². The van der Waals surface area contributed by atoms with Crippen LogP contribution in [0.5, 0.6) is 0 Å². The van der Waals surface area contributed by atoms with Gasteiger partial charge >= 0.3 is 73.4 Å². The van der Waals surface area contributed by atoms with E-state index >= 15 is 0 Å². The second-order valence-corrected chi connectivity index (χ2v) is 23.8. The summed E-state index contributed by atoms with van der Waals surface area (Å²) in [7, 11) is 11.4. The first-order valence-electron chi connectivity index (χ1n) is 19.3. The zero-order valence-corrected chi connectivity index (χ0v) is 32.6. The molecule has 5 saturated carbocycles. The van der Waals surface area contributed by atoms with Crippen molar-refractivity contribution in [3.8, 4) is 0 Å². The monoisotopic (exact) mass is 772 g/mol. The van der Waals surface area contributed by atoms with E-state index in [4.69, 9.17) is 19.4 Å². The Hall–Kier alpha value is -0.197. The van der Waals surface area contributed by atoms with Gasteiger partial charge in [0.15, 0.2) is 0 Å². The summed E-state index contributed by atoms with van der Waals surface area (Å²) < 4.78 is 1.92. The maximum atomic E-state index is 5.67. The minimum atomic E-state index is -1.61. The van der Waals surface area contributed by atoms with Gasteiger partial charge in [-0.15, -0.1) is 0 Å². The Morgan fingerprint density at radius 1 is 0.565 bits per heavy atom. The van der Waals surface area contributed by atoms with Crippen LogP contribution < -0.4 is 0 Å². The van der Waals surface area contributed by atoms with Gasteiger partial charge in [-0.2, -0.15) is 0 Å². The van der Waals surface area contributed by atoms with Crippen molar-refractivity contribution in [3.05, 3.63) is 59.7 Å². The summed E-state index contributed by atoms with van der Waals surface area (Å²) in [5.74, 6) is 1.76. The average molecular weight is 773 g/mol. The van der Waals surface area contributed by atoms with Crippen LogP contribution in [-0.4, -0.2) is 43.5 Å². The molecule has 1 aliphatic heterocycles. The third-order valence-corrected chi connectivity index (χ3v) is 17.9. The van der Waals surface area contributed by atoms with Crippen molar-refractivity contribution in [1.82, 2.24) is 9.80 Å². The molecular formula is C40H61Cl2N2PRu. The van der Waals surface area contributed by atoms with E-state index < -0.39 is 13.5 Å². The Morgan fingerprint density at radius 3 is 1.50 bits per heavy atom. The summed E-state index contributed by atoms with van der Waals surface area (Å²) >= 11 is -1.61. The maximum absolute atomic E-state index is 5.67. The van der Waals surface area contributed by atoms with E-state index in [1.54, 1.807) is 31.5 Å². The fourth-order valence-corrected chi connectivity index (χ4v) is 16.3. The first-order chi connectivity index (χ1) is 22.7. The molecule has 6 aliphatic rings. The summed E-state index contributed by atoms with van der Waals surface area (Å²) in [6.07, 6.45) is 40.8. The van der Waals surface area contributed by atoms with Gasteiger partial charge in [-0.3, -0.25) is 0 Å². The predicted molar refractivity (Wildman–Crippen MR) is 200 cm³/mol. The van der Waals surface area contributed by atoms with E-state index in [0.29, 0.717) is 0 Å². The van der Waals surface area contributed by atoms with Crippen LogP contribution in [0.3, 0.4) is 0 Å². The van der Waals surface area contributed by atoms with Crippen molar-refractivity contribution in [3.63, 3.8) is 0 Å². The first kappa shape index (κ1) is 35.6. The van der Waals surface area contributed by atoms with Crippen molar-refractivity contribution in [2.24, 2.45) is 0 Å².